The number of para-hydroxylation sites is 1. The smallest absolute Gasteiger partial charge is 0.411 e. The highest BCUT2D eigenvalue weighted by molar-refractivity contribution is 7.93. The zero-order valence-corrected chi connectivity index (χ0v) is 29.6. The van der Waals surface area contributed by atoms with E-state index >= 15 is 4.79 Å². The van der Waals surface area contributed by atoms with Gasteiger partial charge in [-0.25, -0.2) is 23.2 Å². The van der Waals surface area contributed by atoms with Gasteiger partial charge in [0.15, 0.2) is 0 Å². The van der Waals surface area contributed by atoms with Gasteiger partial charge >= 0.3 is 6.09 Å². The van der Waals surface area contributed by atoms with E-state index in [0.717, 1.165) is 11.4 Å². The summed E-state index contributed by atoms with van der Waals surface area (Å²) in [7, 11) is -2.03. The number of ether oxygens (including phenoxy) is 4. The monoisotopic (exact) mass is 712 g/mol. The third-order valence-electron chi connectivity index (χ3n) is 8.70. The maximum Gasteiger partial charge on any atom is 0.411 e. The number of carbonyl (C=O) groups excluding carboxylic acids is 2. The number of piperazine rings is 1. The molecule has 1 unspecified atom stereocenters. The topological polar surface area (TPSA) is 164 Å². The predicted octanol–water partition coefficient (Wildman–Crippen LogP) is 4.32. The zero-order chi connectivity index (χ0) is 36.5. The Labute approximate surface area is 295 Å². The van der Waals surface area contributed by atoms with Crippen molar-refractivity contribution in [2.75, 3.05) is 56.2 Å². The van der Waals surface area contributed by atoms with Crippen LogP contribution in [-0.4, -0.2) is 82.3 Å². The number of hydrogen-bond acceptors (Lipinski definition) is 12. The fourth-order valence-electron chi connectivity index (χ4n) is 6.34. The summed E-state index contributed by atoms with van der Waals surface area (Å²) in [5.74, 6) is -0.120. The molecule has 3 aromatic carbocycles. The second-order valence-corrected chi connectivity index (χ2v) is 13.6. The van der Waals surface area contributed by atoms with Crippen LogP contribution in [0.1, 0.15) is 35.0 Å². The van der Waals surface area contributed by atoms with Crippen LogP contribution in [-0.2, 0) is 25.2 Å². The molecule has 2 aliphatic heterocycles. The molecule has 1 fully saturated rings. The van der Waals surface area contributed by atoms with Crippen molar-refractivity contribution in [1.82, 2.24) is 14.9 Å². The molecule has 51 heavy (non-hydrogen) atoms. The Morgan fingerprint density at radius 1 is 0.902 bits per heavy atom. The van der Waals surface area contributed by atoms with E-state index in [1.807, 2.05) is 30.9 Å². The minimum absolute atomic E-state index is 0.0228. The molecule has 2 amide bonds. The van der Waals surface area contributed by atoms with Crippen LogP contribution in [0.5, 0.6) is 17.2 Å². The Morgan fingerprint density at radius 2 is 1.61 bits per heavy atom. The molecular formula is C36H36N6O8S. The van der Waals surface area contributed by atoms with Crippen molar-refractivity contribution in [2.24, 2.45) is 0 Å². The second-order valence-electron chi connectivity index (χ2n) is 11.8. The molecule has 3 heterocycles. The Bertz CT molecular complexity index is 2140. The van der Waals surface area contributed by atoms with Gasteiger partial charge in [-0.1, -0.05) is 18.2 Å². The highest BCUT2D eigenvalue weighted by Crippen LogP contribution is 2.52. The van der Waals surface area contributed by atoms with Crippen molar-refractivity contribution < 1.29 is 37.0 Å². The van der Waals surface area contributed by atoms with Crippen molar-refractivity contribution >= 4 is 33.7 Å². The quantitative estimate of drug-likeness (QED) is 0.242. The number of fused-ring (bicyclic) bond motifs is 1. The molecule has 0 radical (unpaired) electrons. The van der Waals surface area contributed by atoms with Gasteiger partial charge < -0.3 is 28.7 Å². The van der Waals surface area contributed by atoms with E-state index in [1.54, 1.807) is 31.2 Å². The molecule has 0 aliphatic carbocycles. The Hall–Kier alpha value is -5.88. The number of anilines is 2. The highest BCUT2D eigenvalue weighted by Gasteiger charge is 2.61. The summed E-state index contributed by atoms with van der Waals surface area (Å²) in [5, 5.41) is 9.92. The molecule has 0 N–H and O–H groups in total. The van der Waals surface area contributed by atoms with E-state index in [-0.39, 0.29) is 58.5 Å². The number of nitriles is 1. The first-order chi connectivity index (χ1) is 24.5. The molecule has 264 valence electrons. The molecule has 0 bridgehead atoms. The number of nitrogens with zero attached hydrogens (tertiary/aromatic N) is 6. The van der Waals surface area contributed by atoms with Crippen LogP contribution < -0.4 is 23.4 Å². The van der Waals surface area contributed by atoms with Gasteiger partial charge in [-0.3, -0.25) is 4.79 Å². The maximum absolute atomic E-state index is 15.1. The number of aromatic nitrogens is 2. The molecular weight excluding hydrogens is 676 g/mol. The third kappa shape index (κ3) is 6.12. The zero-order valence-electron chi connectivity index (χ0n) is 28.7. The summed E-state index contributed by atoms with van der Waals surface area (Å²) >= 11 is 0. The number of rotatable bonds is 9. The number of carbonyl (C=O) groups is 2. The van der Waals surface area contributed by atoms with Gasteiger partial charge in [0, 0.05) is 49.2 Å². The molecule has 1 aromatic heterocycles. The second kappa shape index (κ2) is 13.8. The lowest BCUT2D eigenvalue weighted by Gasteiger charge is -2.37. The lowest BCUT2D eigenvalue weighted by atomic mass is 9.85. The number of methoxy groups -OCH3 is 2. The minimum atomic E-state index is -4.74. The molecule has 0 spiro atoms. The highest BCUT2D eigenvalue weighted by atomic mass is 32.2. The number of benzene rings is 3. The van der Waals surface area contributed by atoms with E-state index < -0.39 is 27.6 Å². The Kier molecular flexibility index (Phi) is 9.46. The largest absolute Gasteiger partial charge is 0.497 e. The Balaban J connectivity index is 1.47. The summed E-state index contributed by atoms with van der Waals surface area (Å²) in [6.45, 7) is 6.85. The van der Waals surface area contributed by atoms with Crippen molar-refractivity contribution in [3.63, 3.8) is 0 Å². The standard InChI is InChI=1S/C36H36N6O8S/c1-6-49-30-10-8-7-9-27(30)36(50-35(44)41-17-15-40(16-18-41)34-38-23(2)19-24(3)39-34)28-20-25(22-37)11-13-29(28)42(33(36)43)51(45,46)32-14-12-26(47-4)21-31(32)48-5/h7-14,19-21H,6,15-18H2,1-5H3. The van der Waals surface area contributed by atoms with Gasteiger partial charge in [0.25, 0.3) is 15.9 Å². The van der Waals surface area contributed by atoms with E-state index in [4.69, 9.17) is 18.9 Å². The molecule has 2 aliphatic rings. The van der Waals surface area contributed by atoms with E-state index in [1.165, 1.54) is 55.5 Å². The van der Waals surface area contributed by atoms with Gasteiger partial charge in [0.2, 0.25) is 11.5 Å². The number of sulfonamides is 1. The molecule has 0 saturated carbocycles. The normalized spacial score (nSPS) is 17.1. The van der Waals surface area contributed by atoms with Crippen LogP contribution in [0, 0.1) is 25.2 Å². The van der Waals surface area contributed by atoms with E-state index in [9.17, 15) is 18.5 Å². The fraction of sp³-hybridized carbons (Fsp3) is 0.306. The van der Waals surface area contributed by atoms with Crippen LogP contribution >= 0.6 is 0 Å². The molecule has 1 atom stereocenters. The summed E-state index contributed by atoms with van der Waals surface area (Å²) in [5.41, 5.74) is -0.681. The average Bonchev–Trinajstić information content (AvgIpc) is 3.38. The number of amides is 2. The van der Waals surface area contributed by atoms with Crippen LogP contribution in [0.25, 0.3) is 0 Å². The summed E-state index contributed by atoms with van der Waals surface area (Å²) in [6.07, 6.45) is -0.870. The Morgan fingerprint density at radius 3 is 2.25 bits per heavy atom. The first kappa shape index (κ1) is 35.0. The van der Waals surface area contributed by atoms with Crippen molar-refractivity contribution in [2.45, 2.75) is 31.3 Å². The summed E-state index contributed by atoms with van der Waals surface area (Å²) in [4.78, 5) is 41.5. The average molecular weight is 713 g/mol. The van der Waals surface area contributed by atoms with Crippen LogP contribution in [0.15, 0.2) is 71.6 Å². The van der Waals surface area contributed by atoms with Crippen molar-refractivity contribution in [3.8, 4) is 23.3 Å². The van der Waals surface area contributed by atoms with Gasteiger partial charge in [0.1, 0.15) is 22.1 Å². The van der Waals surface area contributed by atoms with Crippen LogP contribution in [0.2, 0.25) is 0 Å². The lowest BCUT2D eigenvalue weighted by molar-refractivity contribution is -0.132. The van der Waals surface area contributed by atoms with Crippen molar-refractivity contribution in [1.29, 1.82) is 5.26 Å². The first-order valence-corrected chi connectivity index (χ1v) is 17.6. The first-order valence-electron chi connectivity index (χ1n) is 16.1. The predicted molar refractivity (Wildman–Crippen MR) is 186 cm³/mol. The van der Waals surface area contributed by atoms with Crippen LogP contribution in [0.4, 0.5) is 16.4 Å². The lowest BCUT2D eigenvalue weighted by Crippen LogP contribution is -2.53. The summed E-state index contributed by atoms with van der Waals surface area (Å²) < 4.78 is 52.7. The maximum atomic E-state index is 15.1. The molecule has 4 aromatic rings. The fourth-order valence-corrected chi connectivity index (χ4v) is 7.94. The minimum Gasteiger partial charge on any atom is -0.497 e. The number of hydrogen-bond donors (Lipinski definition) is 0. The summed E-state index contributed by atoms with van der Waals surface area (Å²) in [6, 6.07) is 18.5. The van der Waals surface area contributed by atoms with Gasteiger partial charge in [-0.2, -0.15) is 9.57 Å². The number of aryl methyl sites for hydroxylation is 2. The van der Waals surface area contributed by atoms with E-state index in [2.05, 4.69) is 9.97 Å². The molecule has 6 rings (SSSR count). The van der Waals surface area contributed by atoms with Gasteiger partial charge in [-0.15, -0.1) is 0 Å². The van der Waals surface area contributed by atoms with Gasteiger partial charge in [-0.05, 0) is 63.2 Å². The SMILES string of the molecule is CCOc1ccccc1C1(OC(=O)N2CCN(c3nc(C)cc(C)n3)CC2)C(=O)N(S(=O)(=O)c2ccc(OC)cc2OC)c2ccc(C#N)cc21. The molecule has 15 heteroatoms. The third-order valence-corrected chi connectivity index (χ3v) is 10.4. The molecule has 1 saturated heterocycles. The van der Waals surface area contributed by atoms with Gasteiger partial charge in [0.05, 0.1) is 43.7 Å². The van der Waals surface area contributed by atoms with Crippen LogP contribution in [0.3, 0.4) is 0 Å². The van der Waals surface area contributed by atoms with Crippen molar-refractivity contribution in [3.05, 3.63) is 94.8 Å². The molecule has 14 nitrogen and oxygen atoms in total. The van der Waals surface area contributed by atoms with E-state index in [0.29, 0.717) is 29.1 Å².